The van der Waals surface area contributed by atoms with Crippen molar-refractivity contribution >= 4 is 12.0 Å². The highest BCUT2D eigenvalue weighted by Gasteiger charge is 2.15. The number of rotatable bonds is 7. The molecule has 0 spiro atoms. The van der Waals surface area contributed by atoms with Crippen LogP contribution in [0.1, 0.15) is 18.1 Å². The third-order valence-electron chi connectivity index (χ3n) is 4.29. The van der Waals surface area contributed by atoms with E-state index in [0.29, 0.717) is 24.3 Å². The topological polar surface area (TPSA) is 83.1 Å². The predicted molar refractivity (Wildman–Crippen MR) is 116 cm³/mol. The van der Waals surface area contributed by atoms with E-state index in [-0.39, 0.29) is 5.84 Å². The van der Waals surface area contributed by atoms with Crippen molar-refractivity contribution in [2.24, 2.45) is 10.9 Å². The molecule has 0 aliphatic carbocycles. The molecule has 30 heavy (non-hydrogen) atoms. The molecular weight excluding hydrogens is 380 g/mol. The number of para-hydroxylation sites is 1. The molecule has 0 amide bonds. The molecule has 3 rings (SSSR count). The first-order chi connectivity index (χ1) is 14.6. The Morgan fingerprint density at radius 1 is 1.00 bits per heavy atom. The van der Waals surface area contributed by atoms with Gasteiger partial charge in [0.15, 0.2) is 5.84 Å². The lowest BCUT2D eigenvalue weighted by Crippen LogP contribution is -2.17. The molecule has 0 saturated heterocycles. The molecule has 1 radical (unpaired) electrons. The van der Waals surface area contributed by atoms with Gasteiger partial charge in [0.05, 0.1) is 6.61 Å². The van der Waals surface area contributed by atoms with Crippen molar-refractivity contribution in [1.29, 1.82) is 0 Å². The summed E-state index contributed by atoms with van der Waals surface area (Å²) in [6.07, 6.45) is -0.320. The van der Waals surface area contributed by atoms with Gasteiger partial charge in [0, 0.05) is 11.1 Å². The van der Waals surface area contributed by atoms with Crippen LogP contribution in [0.3, 0.4) is 0 Å². The van der Waals surface area contributed by atoms with E-state index < -0.39 is 6.16 Å². The van der Waals surface area contributed by atoms with E-state index in [4.69, 9.17) is 20.0 Å². The second kappa shape index (κ2) is 10.1. The summed E-state index contributed by atoms with van der Waals surface area (Å²) in [4.78, 5) is 16.7. The van der Waals surface area contributed by atoms with Gasteiger partial charge in [0.25, 0.3) is 0 Å². The van der Waals surface area contributed by atoms with Gasteiger partial charge >= 0.3 is 6.16 Å². The van der Waals surface area contributed by atoms with Crippen LogP contribution < -0.4 is 15.2 Å². The quantitative estimate of drug-likeness (QED) is 0.150. The van der Waals surface area contributed by atoms with Crippen LogP contribution in [0, 0.1) is 6.92 Å². The highest BCUT2D eigenvalue weighted by atomic mass is 16.8. The number of benzene rings is 3. The molecule has 2 N–H and O–H groups in total. The van der Waals surface area contributed by atoms with Gasteiger partial charge in [-0.25, -0.2) is 4.79 Å². The molecule has 3 aromatic carbocycles. The third kappa shape index (κ3) is 5.17. The smallest absolute Gasteiger partial charge is 0.493 e. The molecule has 0 saturated carbocycles. The lowest BCUT2D eigenvalue weighted by Gasteiger charge is -2.15. The highest BCUT2D eigenvalue weighted by molar-refractivity contribution is 6.04. The van der Waals surface area contributed by atoms with Crippen LogP contribution in [0.4, 0.5) is 4.79 Å². The van der Waals surface area contributed by atoms with E-state index in [1.54, 1.807) is 30.3 Å². The van der Waals surface area contributed by atoms with E-state index in [1.807, 2.05) is 49.4 Å². The van der Waals surface area contributed by atoms with Gasteiger partial charge in [-0.3, -0.25) is 4.84 Å². The predicted octanol–water partition coefficient (Wildman–Crippen LogP) is 4.96. The minimum absolute atomic E-state index is 0.0410. The van der Waals surface area contributed by atoms with Crippen LogP contribution >= 0.6 is 0 Å². The number of ether oxygens (including phenoxy) is 2. The fourth-order valence-corrected chi connectivity index (χ4v) is 2.90. The molecule has 0 aliphatic rings. The van der Waals surface area contributed by atoms with Crippen molar-refractivity contribution in [3.8, 4) is 22.6 Å². The van der Waals surface area contributed by atoms with Crippen LogP contribution in [-0.2, 0) is 11.3 Å². The number of nitrogens with two attached hydrogens (primary N) is 1. The Kier molecular flexibility index (Phi) is 7.05. The number of nitrogens with zero attached hydrogens (tertiary/aromatic N) is 1. The minimum atomic E-state index is -0.976. The average Bonchev–Trinajstić information content (AvgIpc) is 2.78. The fourth-order valence-electron chi connectivity index (χ4n) is 2.90. The number of carbonyl (C=O) groups excluding carboxylic acids is 1. The summed E-state index contributed by atoms with van der Waals surface area (Å²) < 4.78 is 10.9. The highest BCUT2D eigenvalue weighted by Crippen LogP contribution is 2.33. The SMILES string of the molecule is [CH2]Cc1ccc(-c2ccccc2C(N)=NOC(=O)Oc2ccccc2)c(OCC)c1. The lowest BCUT2D eigenvalue weighted by molar-refractivity contribution is 0.102. The first-order valence-electron chi connectivity index (χ1n) is 9.54. The number of oxime groups is 1. The summed E-state index contributed by atoms with van der Waals surface area (Å²) in [5, 5.41) is 3.76. The van der Waals surface area contributed by atoms with Crippen LogP contribution in [-0.4, -0.2) is 18.6 Å². The van der Waals surface area contributed by atoms with E-state index in [9.17, 15) is 4.79 Å². The molecule has 0 atom stereocenters. The summed E-state index contributed by atoms with van der Waals surface area (Å²) in [7, 11) is 0. The number of carbonyl (C=O) groups is 1. The Morgan fingerprint density at radius 3 is 2.47 bits per heavy atom. The van der Waals surface area contributed by atoms with Crippen molar-refractivity contribution in [2.45, 2.75) is 13.3 Å². The maximum Gasteiger partial charge on any atom is 0.540 e. The zero-order valence-electron chi connectivity index (χ0n) is 16.7. The Bertz CT molecular complexity index is 1030. The second-order valence-electron chi connectivity index (χ2n) is 6.29. The molecule has 153 valence electrons. The van der Waals surface area contributed by atoms with Gasteiger partial charge in [0.2, 0.25) is 0 Å². The van der Waals surface area contributed by atoms with Crippen molar-refractivity contribution in [1.82, 2.24) is 0 Å². The van der Waals surface area contributed by atoms with Gasteiger partial charge in [0.1, 0.15) is 11.5 Å². The van der Waals surface area contributed by atoms with Gasteiger partial charge in [-0.2, -0.15) is 0 Å². The van der Waals surface area contributed by atoms with E-state index in [0.717, 1.165) is 22.4 Å². The summed E-state index contributed by atoms with van der Waals surface area (Å²) >= 11 is 0. The first kappa shape index (κ1) is 20.9. The van der Waals surface area contributed by atoms with Crippen LogP contribution in [0.25, 0.3) is 11.1 Å². The Hall–Kier alpha value is -3.80. The number of hydrogen-bond donors (Lipinski definition) is 1. The molecule has 0 fully saturated rings. The number of amidine groups is 1. The second-order valence-corrected chi connectivity index (χ2v) is 6.29. The van der Waals surface area contributed by atoms with Crippen LogP contribution in [0.5, 0.6) is 11.5 Å². The summed E-state index contributed by atoms with van der Waals surface area (Å²) in [5.74, 6) is 1.12. The van der Waals surface area contributed by atoms with Crippen molar-refractivity contribution in [3.05, 3.63) is 90.8 Å². The maximum absolute atomic E-state index is 11.9. The monoisotopic (exact) mass is 403 g/mol. The Morgan fingerprint density at radius 2 is 1.73 bits per heavy atom. The largest absolute Gasteiger partial charge is 0.540 e. The van der Waals surface area contributed by atoms with Crippen LogP contribution in [0.2, 0.25) is 0 Å². The standard InChI is InChI=1S/C24H23N2O4/c1-3-17-14-15-20(22(16-17)28-4-2)19-12-8-9-13-21(19)23(25)26-30-24(27)29-18-10-6-5-7-11-18/h5-16H,1,3-4H2,2H3,(H2,25,26). The molecule has 0 aromatic heterocycles. The van der Waals surface area contributed by atoms with E-state index >= 15 is 0 Å². The minimum Gasteiger partial charge on any atom is -0.493 e. The summed E-state index contributed by atoms with van der Waals surface area (Å²) in [5.41, 5.74) is 9.45. The molecule has 0 unspecified atom stereocenters. The maximum atomic E-state index is 11.9. The molecule has 0 aliphatic heterocycles. The summed E-state index contributed by atoms with van der Waals surface area (Å²) in [6, 6.07) is 21.9. The van der Waals surface area contributed by atoms with Gasteiger partial charge < -0.3 is 15.2 Å². The van der Waals surface area contributed by atoms with Gasteiger partial charge in [-0.1, -0.05) is 59.8 Å². The Labute approximate surface area is 175 Å². The van der Waals surface area contributed by atoms with Gasteiger partial charge in [-0.15, -0.1) is 0 Å². The van der Waals surface area contributed by atoms with Crippen molar-refractivity contribution in [2.75, 3.05) is 6.61 Å². The molecule has 0 bridgehead atoms. The molecule has 6 nitrogen and oxygen atoms in total. The fraction of sp³-hybridized carbons (Fsp3) is 0.125. The van der Waals surface area contributed by atoms with Gasteiger partial charge in [-0.05, 0) is 49.6 Å². The third-order valence-corrected chi connectivity index (χ3v) is 4.29. The molecule has 6 heteroatoms. The average molecular weight is 403 g/mol. The van der Waals surface area contributed by atoms with E-state index in [2.05, 4.69) is 12.1 Å². The molecular formula is C24H23N2O4. The molecule has 0 heterocycles. The molecule has 3 aromatic rings. The first-order valence-corrected chi connectivity index (χ1v) is 9.54. The number of hydrogen-bond acceptors (Lipinski definition) is 5. The van der Waals surface area contributed by atoms with Crippen molar-refractivity contribution in [3.63, 3.8) is 0 Å². The van der Waals surface area contributed by atoms with E-state index in [1.165, 1.54) is 0 Å². The lowest BCUT2D eigenvalue weighted by atomic mass is 9.96. The van der Waals surface area contributed by atoms with Crippen molar-refractivity contribution < 1.29 is 19.1 Å². The zero-order chi connectivity index (χ0) is 21.3. The zero-order valence-corrected chi connectivity index (χ0v) is 16.7. The normalized spacial score (nSPS) is 11.1. The Balaban J connectivity index is 1.86. The summed E-state index contributed by atoms with van der Waals surface area (Å²) in [6.45, 7) is 6.37. The van der Waals surface area contributed by atoms with Crippen LogP contribution in [0.15, 0.2) is 78.0 Å².